The molecule has 1 saturated heterocycles. The van der Waals surface area contributed by atoms with Crippen LogP contribution in [0.3, 0.4) is 0 Å². The normalized spacial score (nSPS) is 18.2. The van der Waals surface area contributed by atoms with Gasteiger partial charge in [0.15, 0.2) is 5.82 Å². The Morgan fingerprint density at radius 2 is 1.76 bits per heavy atom. The van der Waals surface area contributed by atoms with Crippen molar-refractivity contribution in [3.05, 3.63) is 92.6 Å². The van der Waals surface area contributed by atoms with Gasteiger partial charge < -0.3 is 15.5 Å². The molecule has 2 atom stereocenters. The Balaban J connectivity index is 1.25. The van der Waals surface area contributed by atoms with E-state index in [0.29, 0.717) is 18.0 Å². The van der Waals surface area contributed by atoms with Crippen LogP contribution < -0.4 is 21.5 Å². The molecule has 11 heteroatoms. The zero-order valence-electron chi connectivity index (χ0n) is 20.6. The zero-order chi connectivity index (χ0) is 26.8. The maximum atomic E-state index is 12.9. The minimum atomic E-state index is -0.565. The van der Waals surface area contributed by atoms with Crippen molar-refractivity contribution in [2.24, 2.45) is 0 Å². The predicted molar refractivity (Wildman–Crippen MR) is 145 cm³/mol. The van der Waals surface area contributed by atoms with Crippen LogP contribution in [-0.4, -0.2) is 47.4 Å². The van der Waals surface area contributed by atoms with Gasteiger partial charge in [0.2, 0.25) is 5.91 Å². The van der Waals surface area contributed by atoms with Crippen LogP contribution >= 0.6 is 23.2 Å². The quantitative estimate of drug-likeness (QED) is 0.359. The van der Waals surface area contributed by atoms with Crippen molar-refractivity contribution in [1.82, 2.24) is 25.9 Å². The Morgan fingerprint density at radius 1 is 1.00 bits per heavy atom. The summed E-state index contributed by atoms with van der Waals surface area (Å²) >= 11 is 12.6. The summed E-state index contributed by atoms with van der Waals surface area (Å²) in [7, 11) is 1.69. The molecule has 1 aliphatic carbocycles. The van der Waals surface area contributed by atoms with E-state index in [9.17, 15) is 14.4 Å². The zero-order valence-corrected chi connectivity index (χ0v) is 22.1. The Morgan fingerprint density at radius 3 is 2.53 bits per heavy atom. The monoisotopic (exact) mass is 552 g/mol. The molecule has 1 aromatic heterocycles. The topological polar surface area (TPSA) is 115 Å². The number of hydrogen-bond acceptors (Lipinski definition) is 5. The molecule has 0 bridgehead atoms. The second-order valence-electron chi connectivity index (χ2n) is 9.33. The van der Waals surface area contributed by atoms with Crippen LogP contribution in [0, 0.1) is 0 Å². The number of fused-ring (bicyclic) bond motifs is 2. The fourth-order valence-electron chi connectivity index (χ4n) is 4.84. The highest BCUT2D eigenvalue weighted by molar-refractivity contribution is 6.33. The summed E-state index contributed by atoms with van der Waals surface area (Å²) in [5, 5.41) is 6.52. The Labute approximate surface area is 229 Å². The maximum absolute atomic E-state index is 12.9. The van der Waals surface area contributed by atoms with Gasteiger partial charge in [0.25, 0.3) is 5.91 Å². The van der Waals surface area contributed by atoms with Crippen LogP contribution in [0.1, 0.15) is 45.1 Å². The lowest BCUT2D eigenvalue weighted by Crippen LogP contribution is -2.42. The number of aromatic nitrogens is 1. The molecule has 0 spiro atoms. The summed E-state index contributed by atoms with van der Waals surface area (Å²) in [6, 6.07) is 13.7. The Hall–Kier alpha value is -3.82. The van der Waals surface area contributed by atoms with Gasteiger partial charge in [-0.1, -0.05) is 53.5 Å². The maximum Gasteiger partial charge on any atom is 0.334 e. The summed E-state index contributed by atoms with van der Waals surface area (Å²) in [4.78, 5) is 43.3. The number of halogens is 2. The smallest absolute Gasteiger partial charge is 0.334 e. The number of likely N-dealkylation sites (tertiary alicyclic amines) is 1. The highest BCUT2D eigenvalue weighted by Gasteiger charge is 2.30. The third-order valence-electron chi connectivity index (χ3n) is 6.85. The highest BCUT2D eigenvalue weighted by Crippen LogP contribution is 2.33. The third kappa shape index (κ3) is 5.39. The van der Waals surface area contributed by atoms with Crippen molar-refractivity contribution in [3.63, 3.8) is 0 Å². The van der Waals surface area contributed by atoms with Crippen LogP contribution in [0.25, 0.3) is 0 Å². The number of benzene rings is 2. The highest BCUT2D eigenvalue weighted by atomic mass is 35.5. The molecule has 2 aliphatic rings. The van der Waals surface area contributed by atoms with Crippen LogP contribution in [-0.2, 0) is 17.6 Å². The molecule has 2 unspecified atom stereocenters. The van der Waals surface area contributed by atoms with E-state index in [0.717, 1.165) is 35.1 Å². The molecule has 2 heterocycles. The first kappa shape index (κ1) is 25.8. The van der Waals surface area contributed by atoms with Crippen LogP contribution in [0.4, 0.5) is 10.6 Å². The molecule has 5 rings (SSSR count). The van der Waals surface area contributed by atoms with E-state index in [-0.39, 0.29) is 28.4 Å². The van der Waals surface area contributed by atoms with E-state index in [4.69, 9.17) is 23.2 Å². The Bertz CT molecular complexity index is 1420. The van der Waals surface area contributed by atoms with E-state index in [1.807, 2.05) is 36.4 Å². The molecular weight excluding hydrogens is 527 g/mol. The lowest BCUT2D eigenvalue weighted by atomic mass is 9.95. The molecule has 4 N–H and O–H groups in total. The second-order valence-corrected chi connectivity index (χ2v) is 10.2. The number of carbonyl (C=O) groups is 3. The van der Waals surface area contributed by atoms with Crippen molar-refractivity contribution >= 4 is 46.9 Å². The fraction of sp³-hybridized carbons (Fsp3) is 0.259. The van der Waals surface area contributed by atoms with Gasteiger partial charge in [-0.15, -0.1) is 0 Å². The summed E-state index contributed by atoms with van der Waals surface area (Å²) in [5.74, 6) is -0.410. The van der Waals surface area contributed by atoms with E-state index < -0.39 is 18.0 Å². The van der Waals surface area contributed by atoms with Gasteiger partial charge in [-0.2, -0.15) is 0 Å². The number of carbonyl (C=O) groups excluding carboxylic acids is 3. The van der Waals surface area contributed by atoms with Gasteiger partial charge >= 0.3 is 6.03 Å². The van der Waals surface area contributed by atoms with E-state index in [1.165, 1.54) is 12.3 Å². The first-order chi connectivity index (χ1) is 18.3. The van der Waals surface area contributed by atoms with Gasteiger partial charge in [0.05, 0.1) is 16.6 Å². The van der Waals surface area contributed by atoms with Crippen molar-refractivity contribution < 1.29 is 14.4 Å². The molecular formula is C27H26Cl2N6O3. The minimum Gasteiger partial charge on any atom is -0.344 e. The summed E-state index contributed by atoms with van der Waals surface area (Å²) in [6.07, 6.45) is 3.53. The molecule has 0 saturated carbocycles. The van der Waals surface area contributed by atoms with Crippen molar-refractivity contribution in [2.75, 3.05) is 19.0 Å². The van der Waals surface area contributed by atoms with Crippen molar-refractivity contribution in [3.8, 4) is 0 Å². The van der Waals surface area contributed by atoms with Crippen molar-refractivity contribution in [1.29, 1.82) is 0 Å². The number of nitrogens with one attached hydrogen (secondary N) is 4. The molecule has 1 fully saturated rings. The number of aryl methyl sites for hydroxylation is 2. The van der Waals surface area contributed by atoms with E-state index in [2.05, 4.69) is 32.5 Å². The third-order valence-corrected chi connectivity index (χ3v) is 7.38. The van der Waals surface area contributed by atoms with Crippen LogP contribution in [0.5, 0.6) is 0 Å². The molecule has 0 radical (unpaired) electrons. The van der Waals surface area contributed by atoms with Gasteiger partial charge in [0.1, 0.15) is 6.04 Å². The predicted octanol–water partition coefficient (Wildman–Crippen LogP) is 3.86. The lowest BCUT2D eigenvalue weighted by Gasteiger charge is -2.22. The number of hydrogen-bond donors (Lipinski definition) is 4. The van der Waals surface area contributed by atoms with E-state index in [1.54, 1.807) is 11.9 Å². The van der Waals surface area contributed by atoms with Crippen LogP contribution in [0.15, 0.2) is 54.7 Å². The number of hydrazine groups is 1. The number of likely N-dealkylation sites (N-methyl/N-ethyl adjacent to an activating group) is 1. The summed E-state index contributed by atoms with van der Waals surface area (Å²) in [5.41, 5.74) is 9.72. The number of amides is 4. The standard InChI is InChI=1S/C27H26Cl2N6O3/c1-35-11-10-22(26(35)37)31-25(36)17-13-21(29)24(30-14-17)33-34-27(38)32-23-19-5-3-2-4-15(19)6-7-16-12-18(28)8-9-20(16)23/h2-5,8-9,12-14,22-23H,6-7,10-11H2,1H3,(H,30,33)(H,31,36)(H2,32,34,38). The summed E-state index contributed by atoms with van der Waals surface area (Å²) < 4.78 is 0. The second kappa shape index (κ2) is 10.9. The number of pyridine rings is 1. The van der Waals surface area contributed by atoms with Crippen molar-refractivity contribution in [2.45, 2.75) is 31.3 Å². The lowest BCUT2D eigenvalue weighted by molar-refractivity contribution is -0.128. The minimum absolute atomic E-state index is 0.132. The van der Waals surface area contributed by atoms with Gasteiger partial charge in [0, 0.05) is 24.8 Å². The first-order valence-electron chi connectivity index (χ1n) is 12.2. The molecule has 38 heavy (non-hydrogen) atoms. The number of nitrogens with zero attached hydrogens (tertiary/aromatic N) is 2. The molecule has 1 aliphatic heterocycles. The average molecular weight is 553 g/mol. The Kier molecular flexibility index (Phi) is 7.40. The first-order valence-corrected chi connectivity index (χ1v) is 13.0. The molecule has 2 aromatic carbocycles. The van der Waals surface area contributed by atoms with Crippen LogP contribution in [0.2, 0.25) is 10.0 Å². The number of urea groups is 1. The number of anilines is 1. The van der Waals surface area contributed by atoms with Gasteiger partial charge in [-0.3, -0.25) is 20.4 Å². The van der Waals surface area contributed by atoms with Gasteiger partial charge in [-0.25, -0.2) is 9.78 Å². The molecule has 9 nitrogen and oxygen atoms in total. The largest absolute Gasteiger partial charge is 0.344 e. The molecule has 4 amide bonds. The SMILES string of the molecule is CN1CCC(NC(=O)c2cnc(NNC(=O)NC3c4ccccc4CCc4cc(Cl)ccc43)c(Cl)c2)C1=O. The van der Waals surface area contributed by atoms with Gasteiger partial charge in [-0.05, 0) is 59.7 Å². The fourth-order valence-corrected chi connectivity index (χ4v) is 5.25. The number of rotatable bonds is 5. The average Bonchev–Trinajstić information content (AvgIpc) is 3.13. The molecule has 196 valence electrons. The van der Waals surface area contributed by atoms with E-state index >= 15 is 0 Å². The summed E-state index contributed by atoms with van der Waals surface area (Å²) in [6.45, 7) is 0.588. The molecule has 3 aromatic rings.